The molecule has 1 aliphatic rings. The molecule has 0 aromatic heterocycles. The molecule has 1 fully saturated rings. The lowest BCUT2D eigenvalue weighted by molar-refractivity contribution is -0.128. The van der Waals surface area contributed by atoms with Crippen LogP contribution in [0.15, 0.2) is 72.8 Å². The number of piperazine rings is 1. The van der Waals surface area contributed by atoms with E-state index >= 15 is 0 Å². The van der Waals surface area contributed by atoms with E-state index in [2.05, 4.69) is 31.0 Å². The van der Waals surface area contributed by atoms with Crippen molar-refractivity contribution in [2.24, 2.45) is 0 Å². The Morgan fingerprint density at radius 2 is 1.34 bits per heavy atom. The summed E-state index contributed by atoms with van der Waals surface area (Å²) in [6, 6.07) is 23.5. The van der Waals surface area contributed by atoms with Gasteiger partial charge < -0.3 is 19.9 Å². The van der Waals surface area contributed by atoms with Crippen molar-refractivity contribution in [2.75, 3.05) is 36.4 Å². The van der Waals surface area contributed by atoms with Crippen LogP contribution in [0.25, 0.3) is 0 Å². The molecule has 0 bridgehead atoms. The molecule has 0 saturated carbocycles. The van der Waals surface area contributed by atoms with Gasteiger partial charge >= 0.3 is 0 Å². The number of rotatable bonds is 6. The molecule has 2 amide bonds. The van der Waals surface area contributed by atoms with E-state index in [0.29, 0.717) is 24.5 Å². The number of anilines is 2. The highest BCUT2D eigenvalue weighted by Gasteiger charge is 2.30. The van der Waals surface area contributed by atoms with Crippen LogP contribution in [-0.2, 0) is 10.2 Å². The summed E-state index contributed by atoms with van der Waals surface area (Å²) >= 11 is 0. The number of aryl methyl sites for hydroxylation is 1. The average molecular weight is 514 g/mol. The maximum absolute atomic E-state index is 13.0. The van der Waals surface area contributed by atoms with Crippen molar-refractivity contribution >= 4 is 23.2 Å². The van der Waals surface area contributed by atoms with E-state index in [-0.39, 0.29) is 17.2 Å². The first-order valence-corrected chi connectivity index (χ1v) is 13.2. The molecule has 200 valence electrons. The van der Waals surface area contributed by atoms with Crippen molar-refractivity contribution < 1.29 is 14.3 Å². The number of nitrogens with zero attached hydrogens (tertiary/aromatic N) is 2. The van der Waals surface area contributed by atoms with Gasteiger partial charge in [0.15, 0.2) is 5.60 Å². The Hall–Kier alpha value is -3.80. The number of carbonyl (C=O) groups is 2. The van der Waals surface area contributed by atoms with Crippen molar-refractivity contribution in [3.63, 3.8) is 0 Å². The summed E-state index contributed by atoms with van der Waals surface area (Å²) in [7, 11) is 0. The summed E-state index contributed by atoms with van der Waals surface area (Å²) in [5.74, 6) is 0.527. The topological polar surface area (TPSA) is 61.9 Å². The van der Waals surface area contributed by atoms with Gasteiger partial charge in [-0.05, 0) is 80.3 Å². The minimum atomic E-state index is -1.04. The summed E-state index contributed by atoms with van der Waals surface area (Å²) in [6.07, 6.45) is 0. The lowest BCUT2D eigenvalue weighted by Gasteiger charge is -2.36. The molecule has 0 spiro atoms. The first-order valence-electron chi connectivity index (χ1n) is 13.2. The minimum Gasteiger partial charge on any atom is -0.478 e. The summed E-state index contributed by atoms with van der Waals surface area (Å²) in [4.78, 5) is 30.0. The summed E-state index contributed by atoms with van der Waals surface area (Å²) in [5.41, 5.74) is 3.90. The van der Waals surface area contributed by atoms with Crippen molar-refractivity contribution in [2.45, 2.75) is 52.6 Å². The van der Waals surface area contributed by atoms with Gasteiger partial charge in [0.2, 0.25) is 0 Å². The Morgan fingerprint density at radius 1 is 0.763 bits per heavy atom. The molecule has 1 heterocycles. The molecule has 4 rings (SSSR count). The van der Waals surface area contributed by atoms with Crippen molar-refractivity contribution in [3.05, 3.63) is 89.5 Å². The van der Waals surface area contributed by atoms with Gasteiger partial charge in [-0.1, -0.05) is 50.6 Å². The van der Waals surface area contributed by atoms with Crippen LogP contribution >= 0.6 is 0 Å². The Bertz CT molecular complexity index is 1250. The number of nitrogens with one attached hydrogen (secondary N) is 1. The number of carbonyl (C=O) groups excluding carboxylic acids is 2. The van der Waals surface area contributed by atoms with Gasteiger partial charge in [-0.15, -0.1) is 0 Å². The van der Waals surface area contributed by atoms with Crippen LogP contribution < -0.4 is 15.0 Å². The number of hydrogen-bond donors (Lipinski definition) is 1. The fourth-order valence-electron chi connectivity index (χ4n) is 4.45. The number of hydrogen-bond acceptors (Lipinski definition) is 4. The van der Waals surface area contributed by atoms with Crippen molar-refractivity contribution in [1.29, 1.82) is 0 Å². The van der Waals surface area contributed by atoms with Crippen molar-refractivity contribution in [3.8, 4) is 5.75 Å². The van der Waals surface area contributed by atoms with Crippen LogP contribution in [0, 0.1) is 6.92 Å². The predicted octanol–water partition coefficient (Wildman–Crippen LogP) is 6.05. The van der Waals surface area contributed by atoms with E-state index in [1.807, 2.05) is 84.6 Å². The lowest BCUT2D eigenvalue weighted by atomic mass is 9.87. The second-order valence-electron chi connectivity index (χ2n) is 11.5. The van der Waals surface area contributed by atoms with Crippen LogP contribution in [0.4, 0.5) is 11.4 Å². The zero-order valence-corrected chi connectivity index (χ0v) is 23.4. The molecule has 38 heavy (non-hydrogen) atoms. The Kier molecular flexibility index (Phi) is 7.81. The number of benzene rings is 3. The highest BCUT2D eigenvalue weighted by atomic mass is 16.5. The molecule has 0 aliphatic carbocycles. The fraction of sp³-hybridized carbons (Fsp3) is 0.375. The molecule has 0 unspecified atom stereocenters. The molecule has 0 radical (unpaired) electrons. The van der Waals surface area contributed by atoms with E-state index in [1.54, 1.807) is 13.8 Å². The molecule has 1 N–H and O–H groups in total. The van der Waals surface area contributed by atoms with E-state index in [1.165, 1.54) is 5.56 Å². The van der Waals surface area contributed by atoms with Crippen LogP contribution in [0.2, 0.25) is 0 Å². The molecular weight excluding hydrogens is 474 g/mol. The van der Waals surface area contributed by atoms with Crippen LogP contribution in [0.5, 0.6) is 5.75 Å². The van der Waals surface area contributed by atoms with Gasteiger partial charge in [-0.25, -0.2) is 0 Å². The monoisotopic (exact) mass is 513 g/mol. The third-order valence-electron chi connectivity index (χ3n) is 7.00. The molecule has 6 heteroatoms. The van der Waals surface area contributed by atoms with Gasteiger partial charge in [-0.2, -0.15) is 0 Å². The quantitative estimate of drug-likeness (QED) is 0.436. The average Bonchev–Trinajstić information content (AvgIpc) is 2.89. The zero-order chi connectivity index (χ0) is 27.5. The molecular formula is C32H39N3O3. The number of amides is 2. The van der Waals surface area contributed by atoms with E-state index in [9.17, 15) is 9.59 Å². The Labute approximate surface area is 226 Å². The minimum absolute atomic E-state index is 0.0595. The van der Waals surface area contributed by atoms with Crippen LogP contribution in [0.1, 0.15) is 56.1 Å². The van der Waals surface area contributed by atoms with E-state index in [4.69, 9.17) is 4.74 Å². The number of ether oxygens (including phenoxy) is 1. The summed E-state index contributed by atoms with van der Waals surface area (Å²) < 4.78 is 6.04. The molecule has 1 aliphatic heterocycles. The first kappa shape index (κ1) is 27.2. The highest BCUT2D eigenvalue weighted by Crippen LogP contribution is 2.27. The standard InChI is InChI=1S/C32H39N3O3/c1-23-7-9-24(10-8-23)29(36)35-21-19-34(20-22-35)27-15-13-26(14-16-27)33-30(37)32(5,6)38-28-17-11-25(12-18-28)31(2,3)4/h7-18H,19-22H2,1-6H3,(H,33,37). The second-order valence-corrected chi connectivity index (χ2v) is 11.5. The third-order valence-corrected chi connectivity index (χ3v) is 7.00. The zero-order valence-electron chi connectivity index (χ0n) is 23.4. The maximum Gasteiger partial charge on any atom is 0.267 e. The molecule has 3 aromatic rings. The summed E-state index contributed by atoms with van der Waals surface area (Å²) in [6.45, 7) is 14.9. The molecule has 0 atom stereocenters. The first-order chi connectivity index (χ1) is 17.9. The SMILES string of the molecule is Cc1ccc(C(=O)N2CCN(c3ccc(NC(=O)C(C)(C)Oc4ccc(C(C)(C)C)cc4)cc3)CC2)cc1. The third kappa shape index (κ3) is 6.55. The van der Waals surface area contributed by atoms with Gasteiger partial charge in [0.25, 0.3) is 11.8 Å². The maximum atomic E-state index is 13.0. The van der Waals surface area contributed by atoms with Crippen molar-refractivity contribution in [1.82, 2.24) is 4.90 Å². The van der Waals surface area contributed by atoms with E-state index in [0.717, 1.165) is 29.9 Å². The van der Waals surface area contributed by atoms with Gasteiger partial charge in [0, 0.05) is 43.1 Å². The summed E-state index contributed by atoms with van der Waals surface area (Å²) in [5, 5.41) is 2.98. The van der Waals surface area contributed by atoms with Gasteiger partial charge in [-0.3, -0.25) is 9.59 Å². The Balaban J connectivity index is 1.30. The van der Waals surface area contributed by atoms with Crippen LogP contribution in [0.3, 0.4) is 0 Å². The van der Waals surface area contributed by atoms with Gasteiger partial charge in [0.1, 0.15) is 5.75 Å². The fourth-order valence-corrected chi connectivity index (χ4v) is 4.45. The molecule has 6 nitrogen and oxygen atoms in total. The predicted molar refractivity (Wildman–Crippen MR) is 154 cm³/mol. The molecule has 1 saturated heterocycles. The van der Waals surface area contributed by atoms with Crippen LogP contribution in [-0.4, -0.2) is 48.5 Å². The highest BCUT2D eigenvalue weighted by molar-refractivity contribution is 5.97. The Morgan fingerprint density at radius 3 is 1.89 bits per heavy atom. The largest absolute Gasteiger partial charge is 0.478 e. The second kappa shape index (κ2) is 10.9. The van der Waals surface area contributed by atoms with Gasteiger partial charge in [0.05, 0.1) is 0 Å². The smallest absolute Gasteiger partial charge is 0.267 e. The van der Waals surface area contributed by atoms with E-state index < -0.39 is 5.60 Å². The normalized spacial score (nSPS) is 14.3. The lowest BCUT2D eigenvalue weighted by Crippen LogP contribution is -2.48. The molecule has 3 aromatic carbocycles.